The van der Waals surface area contributed by atoms with Crippen molar-refractivity contribution < 1.29 is 5.11 Å². The molecule has 0 radical (unpaired) electrons. The Morgan fingerprint density at radius 3 is 1.30 bits per heavy atom. The van der Waals surface area contributed by atoms with Crippen LogP contribution in [0.15, 0.2) is 0 Å². The predicted molar refractivity (Wildman–Crippen MR) is 110 cm³/mol. The SMILES string of the molecule is CCCCCCCCCCCCCCCC[S+](CCC)CCO. The van der Waals surface area contributed by atoms with Gasteiger partial charge in [0.2, 0.25) is 0 Å². The topological polar surface area (TPSA) is 20.2 Å². The van der Waals surface area contributed by atoms with Gasteiger partial charge in [-0.2, -0.15) is 0 Å². The minimum absolute atomic E-state index is 0.391. The Labute approximate surface area is 150 Å². The molecule has 23 heavy (non-hydrogen) atoms. The van der Waals surface area contributed by atoms with E-state index in [0.717, 1.165) is 5.75 Å². The number of aliphatic hydroxyl groups excluding tert-OH is 1. The highest BCUT2D eigenvalue weighted by atomic mass is 32.2. The van der Waals surface area contributed by atoms with Crippen molar-refractivity contribution >= 4 is 10.9 Å². The minimum atomic E-state index is 0.391. The largest absolute Gasteiger partial charge is 0.391 e. The number of rotatable bonds is 19. The lowest BCUT2D eigenvalue weighted by molar-refractivity contribution is 0.322. The summed E-state index contributed by atoms with van der Waals surface area (Å²) in [4.78, 5) is 0. The molecule has 0 bridgehead atoms. The summed E-state index contributed by atoms with van der Waals surface area (Å²) in [5.74, 6) is 3.75. The van der Waals surface area contributed by atoms with E-state index in [1.165, 1.54) is 108 Å². The Bertz CT molecular complexity index is 202. The molecule has 0 aliphatic heterocycles. The van der Waals surface area contributed by atoms with E-state index < -0.39 is 0 Å². The highest BCUT2D eigenvalue weighted by Crippen LogP contribution is 2.13. The standard InChI is InChI=1S/C21H45OS/c1-3-5-6-7-8-9-10-11-12-13-14-15-16-17-20-23(19-4-2)21-18-22/h22H,3-21H2,1-2H3/q+1. The third-order valence-electron chi connectivity index (χ3n) is 4.66. The smallest absolute Gasteiger partial charge is 0.131 e. The van der Waals surface area contributed by atoms with Crippen molar-refractivity contribution in [2.45, 2.75) is 110 Å². The number of hydrogen-bond donors (Lipinski definition) is 1. The van der Waals surface area contributed by atoms with Gasteiger partial charge in [-0.15, -0.1) is 0 Å². The van der Waals surface area contributed by atoms with Gasteiger partial charge in [-0.3, -0.25) is 0 Å². The van der Waals surface area contributed by atoms with Crippen molar-refractivity contribution in [2.75, 3.05) is 23.9 Å². The van der Waals surface area contributed by atoms with Gasteiger partial charge in [0.15, 0.2) is 0 Å². The van der Waals surface area contributed by atoms with Crippen LogP contribution >= 0.6 is 0 Å². The molecule has 0 aromatic heterocycles. The third kappa shape index (κ3) is 18.5. The Morgan fingerprint density at radius 2 is 0.913 bits per heavy atom. The molecule has 0 rings (SSSR count). The Balaban J connectivity index is 3.15. The Morgan fingerprint density at radius 1 is 0.478 bits per heavy atom. The van der Waals surface area contributed by atoms with E-state index in [1.807, 2.05) is 0 Å². The molecule has 0 aliphatic rings. The summed E-state index contributed by atoms with van der Waals surface area (Å²) in [6, 6.07) is 0. The minimum Gasteiger partial charge on any atom is -0.391 e. The van der Waals surface area contributed by atoms with E-state index >= 15 is 0 Å². The summed E-state index contributed by atoms with van der Waals surface area (Å²) in [5.41, 5.74) is 0. The molecular formula is C21H45OS+. The number of aliphatic hydroxyl groups is 1. The molecule has 1 unspecified atom stereocenters. The zero-order valence-corrected chi connectivity index (χ0v) is 17.1. The quantitative estimate of drug-likeness (QED) is 0.209. The second-order valence-corrected chi connectivity index (χ2v) is 9.49. The van der Waals surface area contributed by atoms with Crippen LogP contribution < -0.4 is 0 Å². The second-order valence-electron chi connectivity index (χ2n) is 7.04. The maximum atomic E-state index is 9.09. The first-order valence-corrected chi connectivity index (χ1v) is 12.3. The lowest BCUT2D eigenvalue weighted by atomic mass is 10.0. The summed E-state index contributed by atoms with van der Waals surface area (Å²) in [6.07, 6.45) is 21.4. The fourth-order valence-electron chi connectivity index (χ4n) is 3.22. The second kappa shape index (κ2) is 20.4. The Hall–Kier alpha value is 0.310. The van der Waals surface area contributed by atoms with Gasteiger partial charge in [0.1, 0.15) is 17.3 Å². The Kier molecular flexibility index (Phi) is 20.6. The van der Waals surface area contributed by atoms with E-state index in [0.29, 0.717) is 17.5 Å². The zero-order valence-electron chi connectivity index (χ0n) is 16.3. The van der Waals surface area contributed by atoms with Gasteiger partial charge >= 0.3 is 0 Å². The van der Waals surface area contributed by atoms with Gasteiger partial charge in [0.05, 0.1) is 6.61 Å². The van der Waals surface area contributed by atoms with Gasteiger partial charge in [-0.1, -0.05) is 90.9 Å². The van der Waals surface area contributed by atoms with Gasteiger partial charge in [-0.25, -0.2) is 0 Å². The first-order chi connectivity index (χ1) is 11.3. The molecule has 0 saturated carbocycles. The summed E-state index contributed by atoms with van der Waals surface area (Å²) >= 11 is 0. The highest BCUT2D eigenvalue weighted by Gasteiger charge is 2.14. The molecule has 1 atom stereocenters. The van der Waals surface area contributed by atoms with E-state index in [4.69, 9.17) is 5.11 Å². The molecule has 0 heterocycles. The maximum Gasteiger partial charge on any atom is 0.131 e. The molecule has 1 N–H and O–H groups in total. The first-order valence-electron chi connectivity index (χ1n) is 10.6. The van der Waals surface area contributed by atoms with Crippen LogP contribution in [-0.4, -0.2) is 29.0 Å². The van der Waals surface area contributed by atoms with Crippen LogP contribution in [0.25, 0.3) is 0 Å². The molecule has 1 nitrogen and oxygen atoms in total. The first kappa shape index (κ1) is 23.3. The van der Waals surface area contributed by atoms with E-state index in [9.17, 15) is 0 Å². The van der Waals surface area contributed by atoms with E-state index in [1.54, 1.807) is 0 Å². The maximum absolute atomic E-state index is 9.09. The van der Waals surface area contributed by atoms with Crippen molar-refractivity contribution in [1.29, 1.82) is 0 Å². The van der Waals surface area contributed by atoms with Crippen LogP contribution in [0.2, 0.25) is 0 Å². The average Bonchev–Trinajstić information content (AvgIpc) is 2.55. The van der Waals surface area contributed by atoms with Crippen LogP contribution in [-0.2, 0) is 10.9 Å². The van der Waals surface area contributed by atoms with E-state index in [2.05, 4.69) is 13.8 Å². The molecule has 0 fully saturated rings. The average molecular weight is 346 g/mol. The molecular weight excluding hydrogens is 300 g/mol. The van der Waals surface area contributed by atoms with Crippen LogP contribution in [0.4, 0.5) is 0 Å². The van der Waals surface area contributed by atoms with Gasteiger partial charge in [-0.05, 0) is 30.2 Å². The molecule has 2 heteroatoms. The third-order valence-corrected chi connectivity index (χ3v) is 7.27. The van der Waals surface area contributed by atoms with Crippen LogP contribution in [0, 0.1) is 0 Å². The van der Waals surface area contributed by atoms with Crippen LogP contribution in [0.1, 0.15) is 110 Å². The van der Waals surface area contributed by atoms with Crippen molar-refractivity contribution in [3.63, 3.8) is 0 Å². The van der Waals surface area contributed by atoms with Crippen molar-refractivity contribution in [3.05, 3.63) is 0 Å². The molecule has 0 amide bonds. The molecule has 140 valence electrons. The zero-order chi connectivity index (χ0) is 17.0. The van der Waals surface area contributed by atoms with Crippen molar-refractivity contribution in [2.24, 2.45) is 0 Å². The van der Waals surface area contributed by atoms with Crippen LogP contribution in [0.5, 0.6) is 0 Å². The molecule has 0 aliphatic carbocycles. The van der Waals surface area contributed by atoms with Gasteiger partial charge in [0, 0.05) is 0 Å². The fraction of sp³-hybridized carbons (Fsp3) is 1.00. The lowest BCUT2D eigenvalue weighted by Gasteiger charge is -2.06. The fourth-order valence-corrected chi connectivity index (χ4v) is 5.28. The highest BCUT2D eigenvalue weighted by molar-refractivity contribution is 7.96. The van der Waals surface area contributed by atoms with Gasteiger partial charge < -0.3 is 5.11 Å². The van der Waals surface area contributed by atoms with Crippen molar-refractivity contribution in [1.82, 2.24) is 0 Å². The summed E-state index contributed by atoms with van der Waals surface area (Å²) in [7, 11) is 0.509. The molecule has 0 spiro atoms. The summed E-state index contributed by atoms with van der Waals surface area (Å²) in [6.45, 7) is 4.95. The molecule has 0 saturated heterocycles. The predicted octanol–water partition coefficient (Wildman–Crippen LogP) is 6.49. The number of hydrogen-bond acceptors (Lipinski definition) is 1. The monoisotopic (exact) mass is 345 g/mol. The normalized spacial score (nSPS) is 12.7. The summed E-state index contributed by atoms with van der Waals surface area (Å²) in [5, 5.41) is 9.09. The molecule has 0 aromatic rings. The summed E-state index contributed by atoms with van der Waals surface area (Å²) < 4.78 is 0. The lowest BCUT2D eigenvalue weighted by Crippen LogP contribution is -2.18. The van der Waals surface area contributed by atoms with Crippen LogP contribution in [0.3, 0.4) is 0 Å². The van der Waals surface area contributed by atoms with Gasteiger partial charge in [0.25, 0.3) is 0 Å². The van der Waals surface area contributed by atoms with E-state index in [-0.39, 0.29) is 0 Å². The number of unbranched alkanes of at least 4 members (excludes halogenated alkanes) is 13. The molecule has 0 aromatic carbocycles. The van der Waals surface area contributed by atoms with Crippen molar-refractivity contribution in [3.8, 4) is 0 Å².